The molecule has 2 heterocycles. The molecule has 1 fully saturated rings. The zero-order valence-electron chi connectivity index (χ0n) is 16.7. The molecule has 1 N–H and O–H groups in total. The maximum Gasteiger partial charge on any atom is 0.270 e. The number of piperazine rings is 1. The van der Waals surface area contributed by atoms with Gasteiger partial charge >= 0.3 is 0 Å². The van der Waals surface area contributed by atoms with Crippen molar-refractivity contribution in [1.29, 1.82) is 0 Å². The molecule has 144 valence electrons. The maximum absolute atomic E-state index is 12.3. The Morgan fingerprint density at radius 3 is 2.48 bits per heavy atom. The Morgan fingerprint density at radius 1 is 1.07 bits per heavy atom. The molecule has 0 atom stereocenters. The van der Waals surface area contributed by atoms with Crippen molar-refractivity contribution in [3.8, 4) is 0 Å². The first-order valence-electron chi connectivity index (χ1n) is 9.69. The first-order chi connectivity index (χ1) is 13.0. The summed E-state index contributed by atoms with van der Waals surface area (Å²) in [5, 5.41) is 2.89. The van der Waals surface area contributed by atoms with Gasteiger partial charge in [-0.05, 0) is 44.4 Å². The molecule has 1 amide bonds. The molecule has 0 unspecified atom stereocenters. The Bertz CT molecular complexity index is 812. The fraction of sp³-hybridized carbons (Fsp3) is 0.476. The summed E-state index contributed by atoms with van der Waals surface area (Å²) in [7, 11) is 0. The van der Waals surface area contributed by atoms with Gasteiger partial charge in [-0.2, -0.15) is 0 Å². The highest BCUT2D eigenvalue weighted by atomic mass is 16.1. The number of aryl methyl sites for hydroxylation is 2. The Hall–Kier alpha value is -2.63. The maximum atomic E-state index is 12.3. The van der Waals surface area contributed by atoms with Gasteiger partial charge in [0.1, 0.15) is 17.3 Å². The third-order valence-corrected chi connectivity index (χ3v) is 5.11. The van der Waals surface area contributed by atoms with Crippen LogP contribution in [0.2, 0.25) is 0 Å². The van der Waals surface area contributed by atoms with E-state index < -0.39 is 0 Å². The van der Waals surface area contributed by atoms with E-state index in [4.69, 9.17) is 0 Å². The third-order valence-electron chi connectivity index (χ3n) is 5.11. The molecular formula is C21H29N5O. The predicted molar refractivity (Wildman–Crippen MR) is 110 cm³/mol. The van der Waals surface area contributed by atoms with Gasteiger partial charge in [-0.25, -0.2) is 9.97 Å². The van der Waals surface area contributed by atoms with Gasteiger partial charge in [0.2, 0.25) is 0 Å². The standard InChI is InChI=1S/C21H29N5O/c1-5-9-22-21(27)18-14-20(24-17(4)23-18)26-12-10-25(11-13-26)19-8-6-7-15(2)16(19)3/h6-8,14H,5,9-13H2,1-4H3,(H,22,27). The largest absolute Gasteiger partial charge is 0.368 e. The molecule has 27 heavy (non-hydrogen) atoms. The number of aromatic nitrogens is 2. The number of carbonyl (C=O) groups excluding carboxylic acids is 1. The van der Waals surface area contributed by atoms with E-state index in [1.165, 1.54) is 16.8 Å². The van der Waals surface area contributed by atoms with E-state index in [-0.39, 0.29) is 5.91 Å². The van der Waals surface area contributed by atoms with E-state index in [0.717, 1.165) is 38.4 Å². The smallest absolute Gasteiger partial charge is 0.270 e. The highest BCUT2D eigenvalue weighted by Gasteiger charge is 2.21. The van der Waals surface area contributed by atoms with E-state index in [2.05, 4.69) is 57.1 Å². The number of nitrogens with one attached hydrogen (secondary N) is 1. The molecule has 1 aliphatic heterocycles. The second-order valence-corrected chi connectivity index (χ2v) is 7.11. The van der Waals surface area contributed by atoms with Gasteiger partial charge in [-0.15, -0.1) is 0 Å². The lowest BCUT2D eigenvalue weighted by atomic mass is 10.1. The number of nitrogens with zero attached hydrogens (tertiary/aromatic N) is 4. The molecule has 0 aliphatic carbocycles. The fourth-order valence-corrected chi connectivity index (χ4v) is 3.41. The van der Waals surface area contributed by atoms with Gasteiger partial charge < -0.3 is 15.1 Å². The van der Waals surface area contributed by atoms with Gasteiger partial charge in [-0.1, -0.05) is 19.1 Å². The highest BCUT2D eigenvalue weighted by Crippen LogP contribution is 2.25. The molecule has 1 aromatic heterocycles. The van der Waals surface area contributed by atoms with Crippen LogP contribution in [0.5, 0.6) is 0 Å². The number of hydrogen-bond donors (Lipinski definition) is 1. The zero-order valence-corrected chi connectivity index (χ0v) is 16.7. The molecule has 3 rings (SSSR count). The van der Waals surface area contributed by atoms with E-state index in [9.17, 15) is 4.79 Å². The van der Waals surface area contributed by atoms with E-state index >= 15 is 0 Å². The second-order valence-electron chi connectivity index (χ2n) is 7.11. The average molecular weight is 367 g/mol. The average Bonchev–Trinajstić information content (AvgIpc) is 2.68. The van der Waals surface area contributed by atoms with Gasteiger partial charge in [0.05, 0.1) is 0 Å². The van der Waals surface area contributed by atoms with E-state index in [1.807, 2.05) is 19.9 Å². The van der Waals surface area contributed by atoms with Crippen molar-refractivity contribution in [2.45, 2.75) is 34.1 Å². The van der Waals surface area contributed by atoms with Crippen LogP contribution in [-0.4, -0.2) is 48.6 Å². The summed E-state index contributed by atoms with van der Waals surface area (Å²) in [6, 6.07) is 8.29. The van der Waals surface area contributed by atoms with Gasteiger partial charge in [0.25, 0.3) is 5.91 Å². The molecule has 1 aliphatic rings. The summed E-state index contributed by atoms with van der Waals surface area (Å²) in [6.07, 6.45) is 0.906. The minimum Gasteiger partial charge on any atom is -0.368 e. The Balaban J connectivity index is 1.71. The number of benzene rings is 1. The summed E-state index contributed by atoms with van der Waals surface area (Å²) >= 11 is 0. The third kappa shape index (κ3) is 4.38. The van der Waals surface area contributed by atoms with E-state index in [0.29, 0.717) is 18.1 Å². The predicted octanol–water partition coefficient (Wildman–Crippen LogP) is 2.87. The molecule has 0 spiro atoms. The van der Waals surface area contributed by atoms with Crippen molar-refractivity contribution in [2.75, 3.05) is 42.5 Å². The van der Waals surface area contributed by atoms with E-state index in [1.54, 1.807) is 0 Å². The molecule has 2 aromatic rings. The number of rotatable bonds is 5. The van der Waals surface area contributed by atoms with Crippen LogP contribution in [0, 0.1) is 20.8 Å². The lowest BCUT2D eigenvalue weighted by Gasteiger charge is -2.37. The topological polar surface area (TPSA) is 61.4 Å². The second kappa shape index (κ2) is 8.37. The van der Waals surface area contributed by atoms with Crippen LogP contribution in [0.3, 0.4) is 0 Å². The summed E-state index contributed by atoms with van der Waals surface area (Å²) in [5.74, 6) is 1.34. The first-order valence-corrected chi connectivity index (χ1v) is 9.69. The Kier molecular flexibility index (Phi) is 5.94. The highest BCUT2D eigenvalue weighted by molar-refractivity contribution is 5.92. The molecule has 0 saturated carbocycles. The quantitative estimate of drug-likeness (QED) is 0.880. The first kappa shape index (κ1) is 19.1. The number of amides is 1. The van der Waals surface area contributed by atoms with Crippen molar-refractivity contribution in [1.82, 2.24) is 15.3 Å². The van der Waals surface area contributed by atoms with Crippen molar-refractivity contribution in [2.24, 2.45) is 0 Å². The van der Waals surface area contributed by atoms with Crippen LogP contribution in [0.1, 0.15) is 40.8 Å². The minimum absolute atomic E-state index is 0.127. The SMILES string of the molecule is CCCNC(=O)c1cc(N2CCN(c3cccc(C)c3C)CC2)nc(C)n1. The molecule has 6 nitrogen and oxygen atoms in total. The van der Waals surface area contributed by atoms with Crippen LogP contribution >= 0.6 is 0 Å². The van der Waals surface area contributed by atoms with Crippen LogP contribution in [-0.2, 0) is 0 Å². The fourth-order valence-electron chi connectivity index (χ4n) is 3.41. The normalized spacial score (nSPS) is 14.4. The van der Waals surface area contributed by atoms with Crippen LogP contribution in [0.4, 0.5) is 11.5 Å². The van der Waals surface area contributed by atoms with Crippen molar-refractivity contribution < 1.29 is 4.79 Å². The Morgan fingerprint density at radius 2 is 1.78 bits per heavy atom. The summed E-state index contributed by atoms with van der Waals surface area (Å²) in [5.41, 5.74) is 4.43. The molecule has 0 bridgehead atoms. The summed E-state index contributed by atoms with van der Waals surface area (Å²) in [6.45, 7) is 12.5. The monoisotopic (exact) mass is 367 g/mol. The van der Waals surface area contributed by atoms with Gasteiger partial charge in [0.15, 0.2) is 0 Å². The van der Waals surface area contributed by atoms with Crippen molar-refractivity contribution in [3.63, 3.8) is 0 Å². The molecule has 6 heteroatoms. The van der Waals surface area contributed by atoms with Crippen LogP contribution in [0.25, 0.3) is 0 Å². The van der Waals surface area contributed by atoms with Crippen molar-refractivity contribution >= 4 is 17.4 Å². The molecule has 1 saturated heterocycles. The Labute approximate surface area is 161 Å². The number of hydrogen-bond acceptors (Lipinski definition) is 5. The lowest BCUT2D eigenvalue weighted by Crippen LogP contribution is -2.47. The zero-order chi connectivity index (χ0) is 19.4. The lowest BCUT2D eigenvalue weighted by molar-refractivity contribution is 0.0948. The van der Waals surface area contributed by atoms with Gasteiger partial charge in [-0.3, -0.25) is 4.79 Å². The van der Waals surface area contributed by atoms with Crippen molar-refractivity contribution in [3.05, 3.63) is 46.9 Å². The molecule has 1 aromatic carbocycles. The van der Waals surface area contributed by atoms with Gasteiger partial charge in [0, 0.05) is 44.5 Å². The van der Waals surface area contributed by atoms with Crippen LogP contribution < -0.4 is 15.1 Å². The minimum atomic E-state index is -0.127. The summed E-state index contributed by atoms with van der Waals surface area (Å²) in [4.78, 5) is 25.8. The summed E-state index contributed by atoms with van der Waals surface area (Å²) < 4.78 is 0. The molecular weight excluding hydrogens is 338 g/mol. The van der Waals surface area contributed by atoms with Crippen LogP contribution in [0.15, 0.2) is 24.3 Å². The number of anilines is 2. The molecule has 0 radical (unpaired) electrons. The number of carbonyl (C=O) groups is 1.